The van der Waals surface area contributed by atoms with Crippen LogP contribution in [0.3, 0.4) is 0 Å². The molecule has 1 unspecified atom stereocenters. The topological polar surface area (TPSA) is 57.5 Å². The molecule has 3 rings (SSSR count). The maximum Gasteiger partial charge on any atom is 0.191 e. The average molecular weight is 534 g/mol. The van der Waals surface area contributed by atoms with Gasteiger partial charge in [-0.25, -0.2) is 9.98 Å². The number of aryl methyl sites for hydroxylation is 1. The Balaban J connectivity index is 0.00000341. The molecule has 168 valence electrons. The fourth-order valence-corrected chi connectivity index (χ4v) is 3.48. The van der Waals surface area contributed by atoms with E-state index in [0.29, 0.717) is 12.6 Å². The van der Waals surface area contributed by atoms with Crippen LogP contribution in [-0.2, 0) is 20.1 Å². The minimum Gasteiger partial charge on any atom is -0.357 e. The van der Waals surface area contributed by atoms with Crippen molar-refractivity contribution in [3.05, 3.63) is 66.0 Å². The lowest BCUT2D eigenvalue weighted by Gasteiger charge is -2.25. The minimum atomic E-state index is 0. The van der Waals surface area contributed by atoms with Gasteiger partial charge in [-0.05, 0) is 45.0 Å². The van der Waals surface area contributed by atoms with Crippen LogP contribution in [0.4, 0.5) is 0 Å². The Hall–Kier alpha value is -2.13. The number of aromatic nitrogens is 2. The summed E-state index contributed by atoms with van der Waals surface area (Å²) in [5, 5.41) is 6.81. The molecule has 0 bridgehead atoms. The molecule has 0 aliphatic carbocycles. The molecule has 0 amide bonds. The molecule has 31 heavy (non-hydrogen) atoms. The second-order valence-electron chi connectivity index (χ2n) is 7.74. The minimum absolute atomic E-state index is 0. The lowest BCUT2D eigenvalue weighted by Crippen LogP contribution is -2.40. The van der Waals surface area contributed by atoms with Gasteiger partial charge in [-0.15, -0.1) is 24.0 Å². The van der Waals surface area contributed by atoms with E-state index in [4.69, 9.17) is 9.98 Å². The summed E-state index contributed by atoms with van der Waals surface area (Å²) in [6.45, 7) is 7.57. The third-order valence-electron chi connectivity index (χ3n) is 5.48. The van der Waals surface area contributed by atoms with Gasteiger partial charge in [0.15, 0.2) is 5.96 Å². The zero-order chi connectivity index (χ0) is 21.3. The number of benzene rings is 2. The van der Waals surface area contributed by atoms with E-state index in [0.717, 1.165) is 48.9 Å². The van der Waals surface area contributed by atoms with Crippen LogP contribution in [0.25, 0.3) is 11.0 Å². The normalized spacial score (nSPS) is 12.6. The molecular weight excluding hydrogens is 499 g/mol. The summed E-state index contributed by atoms with van der Waals surface area (Å²) in [5.74, 6) is 1.80. The number of hydrogen-bond acceptors (Lipinski definition) is 3. The second kappa shape index (κ2) is 12.7. The van der Waals surface area contributed by atoms with Crippen LogP contribution in [0.1, 0.15) is 31.7 Å². The van der Waals surface area contributed by atoms with E-state index in [1.807, 2.05) is 25.2 Å². The molecule has 0 saturated heterocycles. The largest absolute Gasteiger partial charge is 0.357 e. The Labute approximate surface area is 203 Å². The monoisotopic (exact) mass is 534 g/mol. The van der Waals surface area contributed by atoms with Crippen LogP contribution in [0, 0.1) is 0 Å². The number of hydrogen-bond donors (Lipinski definition) is 2. The lowest BCUT2D eigenvalue weighted by atomic mass is 10.1. The predicted molar refractivity (Wildman–Crippen MR) is 141 cm³/mol. The maximum absolute atomic E-state index is 4.75. The number of nitrogens with one attached hydrogen (secondary N) is 2. The van der Waals surface area contributed by atoms with E-state index >= 15 is 0 Å². The van der Waals surface area contributed by atoms with Crippen molar-refractivity contribution in [2.75, 3.05) is 20.1 Å². The van der Waals surface area contributed by atoms with Gasteiger partial charge in [0.05, 0.1) is 11.0 Å². The highest BCUT2D eigenvalue weighted by atomic mass is 127. The molecule has 0 saturated carbocycles. The smallest absolute Gasteiger partial charge is 0.191 e. The summed E-state index contributed by atoms with van der Waals surface area (Å²) >= 11 is 0. The average Bonchev–Trinajstić information content (AvgIpc) is 3.08. The van der Waals surface area contributed by atoms with Gasteiger partial charge in [0, 0.05) is 32.7 Å². The first-order valence-corrected chi connectivity index (χ1v) is 10.7. The Morgan fingerprint density at radius 1 is 1.10 bits per heavy atom. The Morgan fingerprint density at radius 2 is 1.81 bits per heavy atom. The van der Waals surface area contributed by atoms with Crippen LogP contribution in [0.2, 0.25) is 0 Å². The van der Waals surface area contributed by atoms with Crippen molar-refractivity contribution in [2.24, 2.45) is 12.0 Å². The third kappa shape index (κ3) is 7.21. The number of rotatable bonds is 9. The first-order chi connectivity index (χ1) is 14.6. The van der Waals surface area contributed by atoms with Crippen LogP contribution in [0.5, 0.6) is 0 Å². The fourth-order valence-electron chi connectivity index (χ4n) is 3.48. The van der Waals surface area contributed by atoms with Gasteiger partial charge >= 0.3 is 0 Å². The molecule has 0 aliphatic heterocycles. The highest BCUT2D eigenvalue weighted by Gasteiger charge is 2.10. The number of halogens is 1. The summed E-state index contributed by atoms with van der Waals surface area (Å²) in [7, 11) is 4.23. The Kier molecular flexibility index (Phi) is 10.3. The van der Waals surface area contributed by atoms with Crippen molar-refractivity contribution in [3.8, 4) is 0 Å². The number of para-hydroxylation sites is 2. The first kappa shape index (κ1) is 25.1. The van der Waals surface area contributed by atoms with Gasteiger partial charge in [0.1, 0.15) is 12.4 Å². The van der Waals surface area contributed by atoms with Gasteiger partial charge in [-0.3, -0.25) is 4.90 Å². The number of guanidine groups is 1. The van der Waals surface area contributed by atoms with Crippen LogP contribution in [-0.4, -0.2) is 46.6 Å². The van der Waals surface area contributed by atoms with Crippen molar-refractivity contribution < 1.29 is 0 Å². The van der Waals surface area contributed by atoms with Crippen molar-refractivity contribution in [1.82, 2.24) is 25.1 Å². The first-order valence-electron chi connectivity index (χ1n) is 10.7. The molecule has 0 spiro atoms. The highest BCUT2D eigenvalue weighted by Crippen LogP contribution is 2.14. The molecule has 0 radical (unpaired) electrons. The van der Waals surface area contributed by atoms with Gasteiger partial charge in [0.2, 0.25) is 0 Å². The lowest BCUT2D eigenvalue weighted by molar-refractivity contribution is 0.238. The van der Waals surface area contributed by atoms with Crippen molar-refractivity contribution in [1.29, 1.82) is 0 Å². The van der Waals surface area contributed by atoms with Crippen LogP contribution < -0.4 is 10.6 Å². The molecule has 0 aliphatic rings. The second-order valence-corrected chi connectivity index (χ2v) is 7.74. The summed E-state index contributed by atoms with van der Waals surface area (Å²) in [6, 6.07) is 19.3. The summed E-state index contributed by atoms with van der Waals surface area (Å²) in [5.41, 5.74) is 3.49. The molecule has 1 atom stereocenters. The summed E-state index contributed by atoms with van der Waals surface area (Å²) < 4.78 is 2.11. The fraction of sp³-hybridized carbons (Fsp3) is 0.417. The van der Waals surface area contributed by atoms with Crippen LogP contribution in [0.15, 0.2) is 59.6 Å². The van der Waals surface area contributed by atoms with E-state index in [1.54, 1.807) is 0 Å². The van der Waals surface area contributed by atoms with E-state index in [2.05, 4.69) is 77.4 Å². The van der Waals surface area contributed by atoms with E-state index < -0.39 is 0 Å². The Bertz CT molecular complexity index is 953. The van der Waals surface area contributed by atoms with Crippen LogP contribution >= 0.6 is 24.0 Å². The van der Waals surface area contributed by atoms with E-state index in [-0.39, 0.29) is 24.0 Å². The number of nitrogens with zero attached hydrogens (tertiary/aromatic N) is 4. The number of fused-ring (bicyclic) bond motifs is 1. The van der Waals surface area contributed by atoms with Gasteiger partial charge < -0.3 is 15.2 Å². The summed E-state index contributed by atoms with van der Waals surface area (Å²) in [4.78, 5) is 11.8. The molecule has 1 heterocycles. The molecule has 2 N–H and O–H groups in total. The van der Waals surface area contributed by atoms with Gasteiger partial charge in [0.25, 0.3) is 0 Å². The maximum atomic E-state index is 4.75. The molecule has 0 fully saturated rings. The molecule has 3 aromatic rings. The SMILES string of the molecule is CCNC(=NCc1nc2ccccc2n1C)NCCC(C)N(C)Cc1ccccc1.I. The zero-order valence-electron chi connectivity index (χ0n) is 19.0. The molecular formula is C24H35IN6. The third-order valence-corrected chi connectivity index (χ3v) is 5.48. The summed E-state index contributed by atoms with van der Waals surface area (Å²) in [6.07, 6.45) is 1.04. The highest BCUT2D eigenvalue weighted by molar-refractivity contribution is 14.0. The molecule has 7 heteroatoms. The quantitative estimate of drug-likeness (QED) is 0.246. The zero-order valence-corrected chi connectivity index (χ0v) is 21.3. The number of imidazole rings is 1. The molecule has 6 nitrogen and oxygen atoms in total. The van der Waals surface area contributed by atoms with E-state index in [1.165, 1.54) is 5.56 Å². The van der Waals surface area contributed by atoms with Crippen molar-refractivity contribution in [2.45, 2.75) is 39.4 Å². The van der Waals surface area contributed by atoms with Crippen molar-refractivity contribution in [3.63, 3.8) is 0 Å². The Morgan fingerprint density at radius 3 is 2.52 bits per heavy atom. The van der Waals surface area contributed by atoms with Gasteiger partial charge in [-0.2, -0.15) is 0 Å². The van der Waals surface area contributed by atoms with Gasteiger partial charge in [-0.1, -0.05) is 42.5 Å². The predicted octanol–water partition coefficient (Wildman–Crippen LogP) is 4.16. The molecule has 1 aromatic heterocycles. The standard InChI is InChI=1S/C24H34N6.HI/c1-5-25-24(27-17-23-28-21-13-9-10-14-22(21)30(23)4)26-16-15-19(2)29(3)18-20-11-7-6-8-12-20;/h6-14,19H,5,15-18H2,1-4H3,(H2,25,26,27);1H. The number of aliphatic imine (C=N–C) groups is 1. The van der Waals surface area contributed by atoms with Crippen molar-refractivity contribution >= 4 is 41.0 Å². The van der Waals surface area contributed by atoms with E-state index in [9.17, 15) is 0 Å². The molecule has 2 aromatic carbocycles.